The molecule has 1 fully saturated rings. The molecule has 0 aliphatic carbocycles. The second kappa shape index (κ2) is 5.86. The van der Waals surface area contributed by atoms with Crippen LogP contribution in [0.4, 0.5) is 0 Å². The molecular formula is C13H28N2. The second-order valence-electron chi connectivity index (χ2n) is 5.31. The molecule has 15 heavy (non-hydrogen) atoms. The van der Waals surface area contributed by atoms with Crippen LogP contribution in [0, 0.1) is 5.41 Å². The lowest BCUT2D eigenvalue weighted by atomic mass is 9.74. The number of nitrogens with two attached hydrogens (primary N) is 1. The zero-order chi connectivity index (χ0) is 11.3. The lowest BCUT2D eigenvalue weighted by Gasteiger charge is -2.41. The van der Waals surface area contributed by atoms with Gasteiger partial charge in [-0.2, -0.15) is 0 Å². The predicted octanol–water partition coefficient (Wildman–Crippen LogP) is 2.63. The minimum absolute atomic E-state index is 0.356. The maximum Gasteiger partial charge on any atom is 0.00226 e. The van der Waals surface area contributed by atoms with Crippen molar-refractivity contribution in [2.75, 3.05) is 19.6 Å². The van der Waals surface area contributed by atoms with Crippen molar-refractivity contribution in [2.24, 2.45) is 11.1 Å². The molecule has 1 saturated heterocycles. The molecule has 1 aliphatic rings. The highest BCUT2D eigenvalue weighted by molar-refractivity contribution is 4.84. The Bertz CT molecular complexity index is 163. The lowest BCUT2D eigenvalue weighted by molar-refractivity contribution is 0.0938. The third-order valence-corrected chi connectivity index (χ3v) is 4.32. The summed E-state index contributed by atoms with van der Waals surface area (Å²) in [7, 11) is 0. The van der Waals surface area contributed by atoms with Crippen LogP contribution in [0.15, 0.2) is 0 Å². The smallest absolute Gasteiger partial charge is 0.00226 e. The topological polar surface area (TPSA) is 29.3 Å². The van der Waals surface area contributed by atoms with Crippen LogP contribution in [0.25, 0.3) is 0 Å². The first-order chi connectivity index (χ1) is 7.12. The Morgan fingerprint density at radius 3 is 2.13 bits per heavy atom. The molecule has 1 atom stereocenters. The van der Waals surface area contributed by atoms with Crippen molar-refractivity contribution in [3.05, 3.63) is 0 Å². The number of hydrogen-bond donors (Lipinski definition) is 1. The maximum absolute atomic E-state index is 5.79. The first-order valence-electron chi connectivity index (χ1n) is 6.60. The molecule has 1 heterocycles. The largest absolute Gasteiger partial charge is 0.328 e. The summed E-state index contributed by atoms with van der Waals surface area (Å²) in [6, 6.07) is 0.356. The molecule has 0 aromatic heterocycles. The SMILES string of the molecule is CCC1(CC)CCN(CCC(C)N)CC1. The molecule has 0 spiro atoms. The molecule has 1 aliphatic heterocycles. The van der Waals surface area contributed by atoms with Crippen molar-refractivity contribution in [1.82, 2.24) is 4.90 Å². The molecule has 0 aromatic carbocycles. The van der Waals surface area contributed by atoms with Crippen LogP contribution in [-0.2, 0) is 0 Å². The van der Waals surface area contributed by atoms with Crippen molar-refractivity contribution in [1.29, 1.82) is 0 Å². The molecule has 90 valence electrons. The van der Waals surface area contributed by atoms with Gasteiger partial charge in [-0.3, -0.25) is 0 Å². The Hall–Kier alpha value is -0.0800. The molecule has 0 saturated carbocycles. The van der Waals surface area contributed by atoms with E-state index in [2.05, 4.69) is 25.7 Å². The van der Waals surface area contributed by atoms with Gasteiger partial charge in [0.05, 0.1) is 0 Å². The fourth-order valence-electron chi connectivity index (χ4n) is 2.59. The van der Waals surface area contributed by atoms with Gasteiger partial charge in [0.25, 0.3) is 0 Å². The highest BCUT2D eigenvalue weighted by atomic mass is 15.1. The van der Waals surface area contributed by atoms with Crippen molar-refractivity contribution in [3.8, 4) is 0 Å². The van der Waals surface area contributed by atoms with E-state index in [1.54, 1.807) is 0 Å². The van der Waals surface area contributed by atoms with Gasteiger partial charge >= 0.3 is 0 Å². The van der Waals surface area contributed by atoms with Crippen LogP contribution >= 0.6 is 0 Å². The van der Waals surface area contributed by atoms with Gasteiger partial charge in [0.1, 0.15) is 0 Å². The summed E-state index contributed by atoms with van der Waals surface area (Å²) < 4.78 is 0. The van der Waals surface area contributed by atoms with Gasteiger partial charge in [0, 0.05) is 6.04 Å². The number of piperidine rings is 1. The van der Waals surface area contributed by atoms with E-state index in [0.717, 1.165) is 6.42 Å². The molecule has 0 amide bonds. The third-order valence-electron chi connectivity index (χ3n) is 4.32. The van der Waals surface area contributed by atoms with Crippen molar-refractivity contribution < 1.29 is 0 Å². The summed E-state index contributed by atoms with van der Waals surface area (Å²) in [4.78, 5) is 2.59. The van der Waals surface area contributed by atoms with Gasteiger partial charge in [-0.05, 0) is 51.2 Å². The standard InChI is InChI=1S/C13H28N2/c1-4-13(5-2)7-10-15(11-8-13)9-6-12(3)14/h12H,4-11,14H2,1-3H3. The van der Waals surface area contributed by atoms with Crippen LogP contribution in [0.3, 0.4) is 0 Å². The number of nitrogens with zero attached hydrogens (tertiary/aromatic N) is 1. The second-order valence-corrected chi connectivity index (χ2v) is 5.31. The summed E-state index contributed by atoms with van der Waals surface area (Å²) in [5.74, 6) is 0. The summed E-state index contributed by atoms with van der Waals surface area (Å²) >= 11 is 0. The van der Waals surface area contributed by atoms with E-state index >= 15 is 0 Å². The van der Waals surface area contributed by atoms with Gasteiger partial charge in [0.15, 0.2) is 0 Å². The van der Waals surface area contributed by atoms with Crippen molar-refractivity contribution in [2.45, 2.75) is 58.9 Å². The summed E-state index contributed by atoms with van der Waals surface area (Å²) in [6.07, 6.45) is 6.62. The Morgan fingerprint density at radius 2 is 1.73 bits per heavy atom. The Kier molecular flexibility index (Phi) is 5.07. The number of likely N-dealkylation sites (tertiary alicyclic amines) is 1. The Morgan fingerprint density at radius 1 is 1.20 bits per heavy atom. The number of rotatable bonds is 5. The quantitative estimate of drug-likeness (QED) is 0.759. The van der Waals surface area contributed by atoms with Crippen LogP contribution in [0.1, 0.15) is 52.9 Å². The highest BCUT2D eigenvalue weighted by Crippen LogP contribution is 2.37. The molecule has 0 radical (unpaired) electrons. The zero-order valence-corrected chi connectivity index (χ0v) is 10.8. The lowest BCUT2D eigenvalue weighted by Crippen LogP contribution is -2.41. The summed E-state index contributed by atoms with van der Waals surface area (Å²) in [5, 5.41) is 0. The van der Waals surface area contributed by atoms with Crippen LogP contribution in [0.2, 0.25) is 0 Å². The average Bonchev–Trinajstić information content (AvgIpc) is 2.27. The van der Waals surface area contributed by atoms with Gasteiger partial charge in [-0.15, -0.1) is 0 Å². The maximum atomic E-state index is 5.79. The van der Waals surface area contributed by atoms with E-state index in [-0.39, 0.29) is 0 Å². The minimum Gasteiger partial charge on any atom is -0.328 e. The fourth-order valence-corrected chi connectivity index (χ4v) is 2.59. The molecule has 2 heteroatoms. The Labute approximate surface area is 95.2 Å². The first kappa shape index (κ1) is 13.0. The normalized spacial score (nSPS) is 24.0. The molecule has 0 aromatic rings. The van der Waals surface area contributed by atoms with Crippen molar-refractivity contribution in [3.63, 3.8) is 0 Å². The van der Waals surface area contributed by atoms with E-state index in [1.165, 1.54) is 45.3 Å². The first-order valence-corrected chi connectivity index (χ1v) is 6.60. The minimum atomic E-state index is 0.356. The molecular weight excluding hydrogens is 184 g/mol. The van der Waals surface area contributed by atoms with Crippen LogP contribution < -0.4 is 5.73 Å². The van der Waals surface area contributed by atoms with Crippen LogP contribution in [-0.4, -0.2) is 30.6 Å². The molecule has 2 nitrogen and oxygen atoms in total. The van der Waals surface area contributed by atoms with E-state index in [4.69, 9.17) is 5.73 Å². The third kappa shape index (κ3) is 3.76. The molecule has 1 unspecified atom stereocenters. The van der Waals surface area contributed by atoms with E-state index < -0.39 is 0 Å². The van der Waals surface area contributed by atoms with E-state index in [9.17, 15) is 0 Å². The summed E-state index contributed by atoms with van der Waals surface area (Å²) in [5.41, 5.74) is 6.45. The van der Waals surface area contributed by atoms with Gasteiger partial charge in [-0.25, -0.2) is 0 Å². The summed E-state index contributed by atoms with van der Waals surface area (Å²) in [6.45, 7) is 10.6. The van der Waals surface area contributed by atoms with Gasteiger partial charge in [0.2, 0.25) is 0 Å². The van der Waals surface area contributed by atoms with Gasteiger partial charge < -0.3 is 10.6 Å². The van der Waals surface area contributed by atoms with Crippen LogP contribution in [0.5, 0.6) is 0 Å². The van der Waals surface area contributed by atoms with E-state index in [1.807, 2.05) is 0 Å². The van der Waals surface area contributed by atoms with E-state index in [0.29, 0.717) is 11.5 Å². The molecule has 1 rings (SSSR count). The van der Waals surface area contributed by atoms with Crippen molar-refractivity contribution >= 4 is 0 Å². The highest BCUT2D eigenvalue weighted by Gasteiger charge is 2.30. The van der Waals surface area contributed by atoms with Gasteiger partial charge in [-0.1, -0.05) is 26.7 Å². The fraction of sp³-hybridized carbons (Fsp3) is 1.00. The monoisotopic (exact) mass is 212 g/mol. The zero-order valence-electron chi connectivity index (χ0n) is 10.8. The predicted molar refractivity (Wildman–Crippen MR) is 67.0 cm³/mol. The number of hydrogen-bond acceptors (Lipinski definition) is 2. The molecule has 2 N–H and O–H groups in total. The average molecular weight is 212 g/mol. The molecule has 0 bridgehead atoms. The Balaban J connectivity index is 2.28.